The lowest BCUT2D eigenvalue weighted by atomic mass is 9.92. The molecular formula is C14H19N3OS. The van der Waals surface area contributed by atoms with Crippen molar-refractivity contribution in [1.29, 1.82) is 0 Å². The van der Waals surface area contributed by atoms with Crippen LogP contribution in [-0.4, -0.2) is 16.1 Å². The second-order valence-corrected chi connectivity index (χ2v) is 6.42. The number of rotatable bonds is 3. The van der Waals surface area contributed by atoms with Gasteiger partial charge in [0.15, 0.2) is 5.82 Å². The molecule has 0 atom stereocenters. The van der Waals surface area contributed by atoms with Crippen LogP contribution in [-0.2, 0) is 11.8 Å². The predicted octanol–water partition coefficient (Wildman–Crippen LogP) is 3.58. The molecule has 0 radical (unpaired) electrons. The van der Waals surface area contributed by atoms with Gasteiger partial charge in [0.25, 0.3) is 5.91 Å². The van der Waals surface area contributed by atoms with Crippen LogP contribution in [0.1, 0.15) is 48.6 Å². The molecule has 5 heteroatoms. The molecule has 2 aromatic rings. The number of thiophene rings is 1. The van der Waals surface area contributed by atoms with Gasteiger partial charge < -0.3 is 5.32 Å². The highest BCUT2D eigenvalue weighted by molar-refractivity contribution is 7.12. The Morgan fingerprint density at radius 3 is 2.79 bits per heavy atom. The van der Waals surface area contributed by atoms with Gasteiger partial charge in [-0.15, -0.1) is 11.3 Å². The van der Waals surface area contributed by atoms with E-state index in [1.807, 2.05) is 24.4 Å². The lowest BCUT2D eigenvalue weighted by Crippen LogP contribution is -2.12. The van der Waals surface area contributed by atoms with Crippen LogP contribution in [0.25, 0.3) is 0 Å². The molecule has 0 unspecified atom stereocenters. The maximum atomic E-state index is 12.2. The van der Waals surface area contributed by atoms with Gasteiger partial charge in [0.1, 0.15) is 0 Å². The number of amides is 1. The zero-order chi connectivity index (χ0) is 14.0. The van der Waals surface area contributed by atoms with E-state index in [2.05, 4.69) is 36.3 Å². The summed E-state index contributed by atoms with van der Waals surface area (Å²) in [6.45, 7) is 8.34. The Hall–Kier alpha value is -1.62. The lowest BCUT2D eigenvalue weighted by molar-refractivity contribution is 0.102. The summed E-state index contributed by atoms with van der Waals surface area (Å²) in [7, 11) is 0. The first kappa shape index (κ1) is 13.8. The van der Waals surface area contributed by atoms with E-state index in [1.54, 1.807) is 0 Å². The minimum Gasteiger partial charge on any atom is -0.304 e. The minimum absolute atomic E-state index is 0.00646. The summed E-state index contributed by atoms with van der Waals surface area (Å²) >= 11 is 1.46. The molecule has 2 N–H and O–H groups in total. The summed E-state index contributed by atoms with van der Waals surface area (Å²) in [4.78, 5) is 12.9. The molecule has 102 valence electrons. The molecule has 4 nitrogen and oxygen atoms in total. The quantitative estimate of drug-likeness (QED) is 0.901. The van der Waals surface area contributed by atoms with Crippen molar-refractivity contribution in [3.8, 4) is 0 Å². The molecule has 0 spiro atoms. The first-order valence-electron chi connectivity index (χ1n) is 6.35. The van der Waals surface area contributed by atoms with E-state index in [0.717, 1.165) is 22.6 Å². The number of nitrogens with zero attached hydrogens (tertiary/aromatic N) is 1. The third-order valence-electron chi connectivity index (χ3n) is 2.96. The number of hydrogen-bond acceptors (Lipinski definition) is 3. The van der Waals surface area contributed by atoms with Gasteiger partial charge in [-0.25, -0.2) is 0 Å². The molecule has 0 aromatic carbocycles. The van der Waals surface area contributed by atoms with Gasteiger partial charge in [-0.2, -0.15) is 5.10 Å². The zero-order valence-corrected chi connectivity index (χ0v) is 12.5. The largest absolute Gasteiger partial charge is 0.304 e. The smallest absolute Gasteiger partial charge is 0.267 e. The Balaban J connectivity index is 2.14. The Morgan fingerprint density at radius 2 is 2.21 bits per heavy atom. The average molecular weight is 277 g/mol. The second kappa shape index (κ2) is 5.17. The van der Waals surface area contributed by atoms with Crippen molar-refractivity contribution in [3.63, 3.8) is 0 Å². The maximum Gasteiger partial charge on any atom is 0.267 e. The van der Waals surface area contributed by atoms with E-state index < -0.39 is 0 Å². The van der Waals surface area contributed by atoms with Crippen molar-refractivity contribution >= 4 is 23.1 Å². The van der Waals surface area contributed by atoms with E-state index in [1.165, 1.54) is 11.3 Å². The number of H-pyrrole nitrogens is 1. The minimum atomic E-state index is -0.0844. The van der Waals surface area contributed by atoms with Crippen LogP contribution in [0, 0.1) is 0 Å². The van der Waals surface area contributed by atoms with E-state index >= 15 is 0 Å². The van der Waals surface area contributed by atoms with Gasteiger partial charge in [0.2, 0.25) is 0 Å². The Labute approximate surface area is 117 Å². The molecular weight excluding hydrogens is 258 g/mol. The molecule has 2 rings (SSSR count). The molecule has 0 aliphatic heterocycles. The fraction of sp³-hybridized carbons (Fsp3) is 0.429. The van der Waals surface area contributed by atoms with Crippen LogP contribution in [0.2, 0.25) is 0 Å². The van der Waals surface area contributed by atoms with Gasteiger partial charge in [0, 0.05) is 17.2 Å². The van der Waals surface area contributed by atoms with E-state index in [0.29, 0.717) is 5.82 Å². The predicted molar refractivity (Wildman–Crippen MR) is 78.9 cm³/mol. The van der Waals surface area contributed by atoms with Gasteiger partial charge in [0.05, 0.1) is 4.88 Å². The number of carbonyl (C=O) groups excluding carboxylic acids is 1. The number of hydrogen-bond donors (Lipinski definition) is 2. The van der Waals surface area contributed by atoms with Crippen LogP contribution >= 0.6 is 11.3 Å². The summed E-state index contributed by atoms with van der Waals surface area (Å²) in [5.41, 5.74) is 2.08. The fourth-order valence-electron chi connectivity index (χ4n) is 1.76. The SMILES string of the molecule is CCc1ccsc1C(=O)Nc1cc(C(C)(C)C)[nH]n1. The first-order chi connectivity index (χ1) is 8.91. The molecule has 1 amide bonds. The van der Waals surface area contributed by atoms with Gasteiger partial charge in [-0.05, 0) is 23.4 Å². The summed E-state index contributed by atoms with van der Waals surface area (Å²) < 4.78 is 0. The van der Waals surface area contributed by atoms with Crippen LogP contribution in [0.5, 0.6) is 0 Å². The van der Waals surface area contributed by atoms with Crippen molar-refractivity contribution < 1.29 is 4.79 Å². The molecule has 0 aliphatic carbocycles. The van der Waals surface area contributed by atoms with E-state index in [4.69, 9.17) is 0 Å². The molecule has 2 aromatic heterocycles. The molecule has 0 saturated heterocycles. The lowest BCUT2D eigenvalue weighted by Gasteiger charge is -2.14. The number of carbonyl (C=O) groups is 1. The first-order valence-corrected chi connectivity index (χ1v) is 7.23. The Morgan fingerprint density at radius 1 is 1.47 bits per heavy atom. The van der Waals surface area contributed by atoms with E-state index in [-0.39, 0.29) is 11.3 Å². The number of anilines is 1. The maximum absolute atomic E-state index is 12.2. The fourth-order valence-corrected chi connectivity index (χ4v) is 2.65. The van der Waals surface area contributed by atoms with Crippen molar-refractivity contribution in [3.05, 3.63) is 33.6 Å². The normalized spacial score (nSPS) is 11.6. The highest BCUT2D eigenvalue weighted by Gasteiger charge is 2.18. The van der Waals surface area contributed by atoms with Crippen LogP contribution in [0.15, 0.2) is 17.5 Å². The topological polar surface area (TPSA) is 57.8 Å². The average Bonchev–Trinajstić information content (AvgIpc) is 2.95. The van der Waals surface area contributed by atoms with Crippen LogP contribution in [0.3, 0.4) is 0 Å². The highest BCUT2D eigenvalue weighted by atomic mass is 32.1. The Bertz CT molecular complexity index is 578. The molecule has 2 heterocycles. The molecule has 19 heavy (non-hydrogen) atoms. The third kappa shape index (κ3) is 3.04. The summed E-state index contributed by atoms with van der Waals surface area (Å²) in [5.74, 6) is 0.490. The number of aromatic nitrogens is 2. The van der Waals surface area contributed by atoms with Crippen molar-refractivity contribution in [2.24, 2.45) is 0 Å². The van der Waals surface area contributed by atoms with Gasteiger partial charge >= 0.3 is 0 Å². The summed E-state index contributed by atoms with van der Waals surface area (Å²) in [5, 5.41) is 11.9. The van der Waals surface area contributed by atoms with E-state index in [9.17, 15) is 4.79 Å². The summed E-state index contributed by atoms with van der Waals surface area (Å²) in [6.07, 6.45) is 0.861. The zero-order valence-electron chi connectivity index (χ0n) is 11.7. The van der Waals surface area contributed by atoms with Gasteiger partial charge in [-0.1, -0.05) is 27.7 Å². The van der Waals surface area contributed by atoms with Crippen molar-refractivity contribution in [1.82, 2.24) is 10.2 Å². The van der Waals surface area contributed by atoms with Crippen LogP contribution < -0.4 is 5.32 Å². The highest BCUT2D eigenvalue weighted by Crippen LogP contribution is 2.23. The van der Waals surface area contributed by atoms with Crippen molar-refractivity contribution in [2.45, 2.75) is 39.5 Å². The molecule has 0 aliphatic rings. The monoisotopic (exact) mass is 277 g/mol. The van der Waals surface area contributed by atoms with Crippen molar-refractivity contribution in [2.75, 3.05) is 5.32 Å². The number of aryl methyl sites for hydroxylation is 1. The van der Waals surface area contributed by atoms with Crippen LogP contribution in [0.4, 0.5) is 5.82 Å². The molecule has 0 saturated carbocycles. The molecule has 0 bridgehead atoms. The van der Waals surface area contributed by atoms with Gasteiger partial charge in [-0.3, -0.25) is 9.89 Å². The number of nitrogens with one attached hydrogen (secondary N) is 2. The Kier molecular flexibility index (Phi) is 3.75. The summed E-state index contributed by atoms with van der Waals surface area (Å²) in [6, 6.07) is 3.88. The molecule has 0 fully saturated rings. The third-order valence-corrected chi connectivity index (χ3v) is 3.92. The second-order valence-electron chi connectivity index (χ2n) is 5.50. The standard InChI is InChI=1S/C14H19N3OS/c1-5-9-6-7-19-12(9)13(18)15-11-8-10(16-17-11)14(2,3)4/h6-8H,5H2,1-4H3,(H2,15,16,17,18). The number of aromatic amines is 1.